The highest BCUT2D eigenvalue weighted by Gasteiger charge is 2.33. The molecule has 2 rings (SSSR count). The summed E-state index contributed by atoms with van der Waals surface area (Å²) >= 11 is 0. The summed E-state index contributed by atoms with van der Waals surface area (Å²) in [6.45, 7) is 0.619. The number of likely N-dealkylation sites (N-methyl/N-ethyl adjacent to an activating group) is 1. The van der Waals surface area contributed by atoms with Crippen molar-refractivity contribution in [1.29, 1.82) is 0 Å². The molecular weight excluding hydrogens is 231 g/mol. The predicted octanol–water partition coefficient (Wildman–Crippen LogP) is 1.56. The standard InChI is InChI=1S/C14H19FN2O/c1-17(14(18)11-8-13(16)9-11)6-5-10-3-2-4-12(15)7-10/h2-4,7,11,13H,5-6,8-9,16H2,1H3. The van der Waals surface area contributed by atoms with E-state index in [4.69, 9.17) is 5.73 Å². The number of amides is 1. The molecule has 1 aromatic carbocycles. The highest BCUT2D eigenvalue weighted by Crippen LogP contribution is 2.27. The van der Waals surface area contributed by atoms with Crippen LogP contribution in [0.1, 0.15) is 18.4 Å². The van der Waals surface area contributed by atoms with Crippen molar-refractivity contribution in [3.8, 4) is 0 Å². The molecule has 0 radical (unpaired) electrons. The van der Waals surface area contributed by atoms with Gasteiger partial charge in [-0.3, -0.25) is 4.79 Å². The summed E-state index contributed by atoms with van der Waals surface area (Å²) in [5.74, 6) is 0.0251. The van der Waals surface area contributed by atoms with E-state index in [1.54, 1.807) is 18.0 Å². The zero-order valence-electron chi connectivity index (χ0n) is 10.6. The van der Waals surface area contributed by atoms with Gasteiger partial charge in [-0.1, -0.05) is 12.1 Å². The highest BCUT2D eigenvalue weighted by atomic mass is 19.1. The molecule has 18 heavy (non-hydrogen) atoms. The van der Waals surface area contributed by atoms with Crippen LogP contribution in [-0.4, -0.2) is 30.4 Å². The maximum Gasteiger partial charge on any atom is 0.225 e. The fraction of sp³-hybridized carbons (Fsp3) is 0.500. The molecule has 4 heteroatoms. The first-order valence-corrected chi connectivity index (χ1v) is 6.31. The van der Waals surface area contributed by atoms with Crippen LogP contribution in [0.4, 0.5) is 4.39 Å². The van der Waals surface area contributed by atoms with Crippen LogP contribution in [0.25, 0.3) is 0 Å². The first-order chi connectivity index (χ1) is 8.56. The van der Waals surface area contributed by atoms with Crippen LogP contribution < -0.4 is 5.73 Å². The molecular formula is C14H19FN2O. The lowest BCUT2D eigenvalue weighted by atomic mass is 9.80. The lowest BCUT2D eigenvalue weighted by molar-refractivity contribution is -0.137. The van der Waals surface area contributed by atoms with Gasteiger partial charge < -0.3 is 10.6 Å². The van der Waals surface area contributed by atoms with Gasteiger partial charge >= 0.3 is 0 Å². The summed E-state index contributed by atoms with van der Waals surface area (Å²) in [4.78, 5) is 13.7. The van der Waals surface area contributed by atoms with Crippen LogP contribution in [0.3, 0.4) is 0 Å². The summed E-state index contributed by atoms with van der Waals surface area (Å²) in [6, 6.07) is 6.69. The van der Waals surface area contributed by atoms with Gasteiger partial charge in [-0.05, 0) is 37.0 Å². The van der Waals surface area contributed by atoms with Gasteiger partial charge in [-0.15, -0.1) is 0 Å². The first-order valence-electron chi connectivity index (χ1n) is 6.31. The number of carbonyl (C=O) groups excluding carboxylic acids is 1. The molecule has 1 amide bonds. The topological polar surface area (TPSA) is 46.3 Å². The number of hydrogen-bond donors (Lipinski definition) is 1. The second-order valence-corrected chi connectivity index (χ2v) is 5.07. The molecule has 1 aromatic rings. The summed E-state index contributed by atoms with van der Waals surface area (Å²) in [5, 5.41) is 0. The minimum absolute atomic E-state index is 0.0949. The Hall–Kier alpha value is -1.42. The molecule has 0 atom stereocenters. The number of benzene rings is 1. The third-order valence-corrected chi connectivity index (χ3v) is 3.52. The van der Waals surface area contributed by atoms with Crippen LogP contribution in [0, 0.1) is 11.7 Å². The summed E-state index contributed by atoms with van der Waals surface area (Å²) in [6.07, 6.45) is 2.27. The van der Waals surface area contributed by atoms with Crippen molar-refractivity contribution in [2.75, 3.05) is 13.6 Å². The van der Waals surface area contributed by atoms with Crippen molar-refractivity contribution in [2.24, 2.45) is 11.7 Å². The Morgan fingerprint density at radius 3 is 2.83 bits per heavy atom. The van der Waals surface area contributed by atoms with Crippen LogP contribution in [0.5, 0.6) is 0 Å². The SMILES string of the molecule is CN(CCc1cccc(F)c1)C(=O)C1CC(N)C1. The molecule has 0 aliphatic heterocycles. The normalized spacial score (nSPS) is 22.4. The molecule has 98 valence electrons. The van der Waals surface area contributed by atoms with Crippen molar-refractivity contribution in [3.63, 3.8) is 0 Å². The third kappa shape index (κ3) is 3.07. The number of nitrogens with zero attached hydrogens (tertiary/aromatic N) is 1. The highest BCUT2D eigenvalue weighted by molar-refractivity contribution is 5.79. The zero-order chi connectivity index (χ0) is 13.1. The Bertz CT molecular complexity index is 430. The zero-order valence-corrected chi connectivity index (χ0v) is 10.6. The molecule has 2 N–H and O–H groups in total. The van der Waals surface area contributed by atoms with E-state index >= 15 is 0 Å². The van der Waals surface area contributed by atoms with Crippen molar-refractivity contribution in [3.05, 3.63) is 35.6 Å². The minimum atomic E-state index is -0.230. The number of nitrogens with two attached hydrogens (primary N) is 1. The van der Waals surface area contributed by atoms with Crippen LogP contribution in [0.2, 0.25) is 0 Å². The molecule has 0 saturated heterocycles. The van der Waals surface area contributed by atoms with Crippen molar-refractivity contribution < 1.29 is 9.18 Å². The number of carbonyl (C=O) groups is 1. The minimum Gasteiger partial charge on any atom is -0.345 e. The maximum absolute atomic E-state index is 13.0. The monoisotopic (exact) mass is 250 g/mol. The second kappa shape index (κ2) is 5.48. The van der Waals surface area contributed by atoms with E-state index in [0.29, 0.717) is 13.0 Å². The van der Waals surface area contributed by atoms with Gasteiger partial charge in [-0.25, -0.2) is 4.39 Å². The smallest absolute Gasteiger partial charge is 0.225 e. The van der Waals surface area contributed by atoms with Crippen LogP contribution >= 0.6 is 0 Å². The average molecular weight is 250 g/mol. The number of rotatable bonds is 4. The van der Waals surface area contributed by atoms with Gasteiger partial charge in [0.2, 0.25) is 5.91 Å². The molecule has 0 spiro atoms. The van der Waals surface area contributed by atoms with Gasteiger partial charge in [0.25, 0.3) is 0 Å². The number of hydrogen-bond acceptors (Lipinski definition) is 2. The summed E-state index contributed by atoms with van der Waals surface area (Å²) in [7, 11) is 1.80. The van der Waals surface area contributed by atoms with E-state index in [2.05, 4.69) is 0 Å². The Morgan fingerprint density at radius 1 is 1.50 bits per heavy atom. The van der Waals surface area contributed by atoms with Crippen LogP contribution in [-0.2, 0) is 11.2 Å². The van der Waals surface area contributed by atoms with Gasteiger partial charge in [0.05, 0.1) is 0 Å². The molecule has 3 nitrogen and oxygen atoms in total. The number of halogens is 1. The van der Waals surface area contributed by atoms with E-state index in [0.717, 1.165) is 18.4 Å². The molecule has 1 aliphatic rings. The fourth-order valence-electron chi connectivity index (χ4n) is 2.27. The predicted molar refractivity (Wildman–Crippen MR) is 68.4 cm³/mol. The molecule has 0 bridgehead atoms. The van der Waals surface area contributed by atoms with E-state index in [1.165, 1.54) is 12.1 Å². The van der Waals surface area contributed by atoms with Crippen molar-refractivity contribution >= 4 is 5.91 Å². The first kappa shape index (κ1) is 13.0. The Labute approximate surface area is 107 Å². The van der Waals surface area contributed by atoms with E-state index < -0.39 is 0 Å². The molecule has 0 aromatic heterocycles. The molecule has 1 fully saturated rings. The largest absolute Gasteiger partial charge is 0.345 e. The van der Waals surface area contributed by atoms with Gasteiger partial charge in [0, 0.05) is 25.6 Å². The maximum atomic E-state index is 13.0. The van der Waals surface area contributed by atoms with Gasteiger partial charge in [0.1, 0.15) is 5.82 Å². The summed E-state index contributed by atoms with van der Waals surface area (Å²) < 4.78 is 13.0. The van der Waals surface area contributed by atoms with Gasteiger partial charge in [-0.2, -0.15) is 0 Å². The molecule has 1 aliphatic carbocycles. The van der Waals surface area contributed by atoms with Gasteiger partial charge in [0.15, 0.2) is 0 Å². The second-order valence-electron chi connectivity index (χ2n) is 5.07. The van der Waals surface area contributed by atoms with Crippen molar-refractivity contribution in [2.45, 2.75) is 25.3 Å². The summed E-state index contributed by atoms with van der Waals surface area (Å²) in [5.41, 5.74) is 6.59. The van der Waals surface area contributed by atoms with E-state index in [1.807, 2.05) is 6.07 Å². The molecule has 1 saturated carbocycles. The Balaban J connectivity index is 1.81. The lowest BCUT2D eigenvalue weighted by Crippen LogP contribution is -2.46. The van der Waals surface area contributed by atoms with E-state index in [9.17, 15) is 9.18 Å². The third-order valence-electron chi connectivity index (χ3n) is 3.52. The van der Waals surface area contributed by atoms with Crippen molar-refractivity contribution in [1.82, 2.24) is 4.90 Å². The quantitative estimate of drug-likeness (QED) is 0.881. The van der Waals surface area contributed by atoms with Crippen LogP contribution in [0.15, 0.2) is 24.3 Å². The fourth-order valence-corrected chi connectivity index (χ4v) is 2.27. The van der Waals surface area contributed by atoms with E-state index in [-0.39, 0.29) is 23.7 Å². The Kier molecular flexibility index (Phi) is 3.97. The molecule has 0 unspecified atom stereocenters. The lowest BCUT2D eigenvalue weighted by Gasteiger charge is -2.34. The molecule has 0 heterocycles. The Morgan fingerprint density at radius 2 is 2.22 bits per heavy atom. The average Bonchev–Trinajstić information content (AvgIpc) is 2.31.